The molecule has 1 aliphatic rings. The maximum absolute atomic E-state index is 11.4. The molecule has 1 aliphatic heterocycles. The van der Waals surface area contributed by atoms with Gasteiger partial charge >= 0.3 is 0 Å². The van der Waals surface area contributed by atoms with Gasteiger partial charge in [0.15, 0.2) is 0 Å². The summed E-state index contributed by atoms with van der Waals surface area (Å²) in [7, 11) is -2.88. The highest BCUT2D eigenvalue weighted by Gasteiger charge is 2.23. The summed E-state index contributed by atoms with van der Waals surface area (Å²) in [5.74, 6) is 1.42. The number of aromatic nitrogens is 2. The van der Waals surface area contributed by atoms with Gasteiger partial charge in [-0.15, -0.1) is 0 Å². The van der Waals surface area contributed by atoms with Crippen LogP contribution in [-0.4, -0.2) is 48.4 Å². The van der Waals surface area contributed by atoms with Crippen LogP contribution in [0.3, 0.4) is 0 Å². The summed E-state index contributed by atoms with van der Waals surface area (Å²) < 4.78 is 22.8. The van der Waals surface area contributed by atoms with Crippen molar-refractivity contribution < 1.29 is 8.42 Å². The van der Waals surface area contributed by atoms with Crippen LogP contribution in [-0.2, 0) is 22.8 Å². The van der Waals surface area contributed by atoms with Gasteiger partial charge in [0, 0.05) is 32.0 Å². The molecule has 6 heteroatoms. The summed E-state index contributed by atoms with van der Waals surface area (Å²) in [5.41, 5.74) is 1.02. The van der Waals surface area contributed by atoms with E-state index in [1.807, 2.05) is 13.0 Å². The summed E-state index contributed by atoms with van der Waals surface area (Å²) in [5, 5.41) is 0. The molecule has 1 unspecified atom stereocenters. The van der Waals surface area contributed by atoms with Crippen molar-refractivity contribution in [3.8, 4) is 0 Å². The number of rotatable bonds is 5. The summed E-state index contributed by atoms with van der Waals surface area (Å²) in [6.07, 6.45) is 6.03. The molecular formula is C14H23N3O2S. The molecule has 0 saturated carbocycles. The lowest BCUT2D eigenvalue weighted by molar-refractivity contribution is 0.176. The molecule has 1 aromatic rings. The van der Waals surface area contributed by atoms with Crippen LogP contribution in [0, 0.1) is 5.92 Å². The maximum Gasteiger partial charge on any atom is 0.147 e. The van der Waals surface area contributed by atoms with E-state index in [1.165, 1.54) is 6.26 Å². The summed E-state index contributed by atoms with van der Waals surface area (Å²) in [4.78, 5) is 11.0. The zero-order chi connectivity index (χ0) is 14.6. The molecule has 1 saturated heterocycles. The average Bonchev–Trinajstić information content (AvgIpc) is 2.37. The lowest BCUT2D eigenvalue weighted by Crippen LogP contribution is -2.37. The zero-order valence-corrected chi connectivity index (χ0v) is 13.1. The van der Waals surface area contributed by atoms with E-state index in [1.54, 1.807) is 6.20 Å². The summed E-state index contributed by atoms with van der Waals surface area (Å²) in [6.45, 7) is 4.70. The second-order valence-electron chi connectivity index (χ2n) is 5.65. The molecule has 5 nitrogen and oxygen atoms in total. The van der Waals surface area contributed by atoms with E-state index in [9.17, 15) is 8.42 Å². The molecule has 0 spiro atoms. The zero-order valence-electron chi connectivity index (χ0n) is 12.2. The van der Waals surface area contributed by atoms with Crippen molar-refractivity contribution in [3.05, 3.63) is 23.8 Å². The SMILES string of the molecule is CCc1nccc(CN2CCCC(CS(C)(=O)=O)C2)n1. The van der Waals surface area contributed by atoms with Gasteiger partial charge in [-0.2, -0.15) is 0 Å². The minimum Gasteiger partial charge on any atom is -0.297 e. The largest absolute Gasteiger partial charge is 0.297 e. The molecule has 20 heavy (non-hydrogen) atoms. The van der Waals surface area contributed by atoms with Crippen molar-refractivity contribution in [2.75, 3.05) is 25.1 Å². The molecular weight excluding hydrogens is 274 g/mol. The fourth-order valence-electron chi connectivity index (χ4n) is 2.79. The van der Waals surface area contributed by atoms with E-state index in [4.69, 9.17) is 0 Å². The van der Waals surface area contributed by atoms with Crippen LogP contribution in [0.5, 0.6) is 0 Å². The first kappa shape index (κ1) is 15.4. The Bertz CT molecular complexity index is 545. The molecule has 0 radical (unpaired) electrons. The van der Waals surface area contributed by atoms with Crippen LogP contribution in [0.4, 0.5) is 0 Å². The van der Waals surface area contributed by atoms with Crippen molar-refractivity contribution in [1.82, 2.24) is 14.9 Å². The van der Waals surface area contributed by atoms with Gasteiger partial charge in [0.1, 0.15) is 15.7 Å². The Labute approximate surface area is 121 Å². The van der Waals surface area contributed by atoms with Gasteiger partial charge in [-0.1, -0.05) is 6.92 Å². The highest BCUT2D eigenvalue weighted by molar-refractivity contribution is 7.90. The third kappa shape index (κ3) is 4.83. The molecule has 112 valence electrons. The first-order chi connectivity index (χ1) is 9.46. The second-order valence-corrected chi connectivity index (χ2v) is 7.84. The van der Waals surface area contributed by atoms with Gasteiger partial charge in [-0.3, -0.25) is 4.90 Å². The molecule has 2 rings (SSSR count). The molecule has 2 heterocycles. The number of hydrogen-bond donors (Lipinski definition) is 0. The summed E-state index contributed by atoms with van der Waals surface area (Å²) >= 11 is 0. The number of sulfone groups is 1. The van der Waals surface area contributed by atoms with Crippen LogP contribution in [0.2, 0.25) is 0 Å². The Balaban J connectivity index is 1.95. The van der Waals surface area contributed by atoms with Gasteiger partial charge in [-0.05, 0) is 31.4 Å². The number of aryl methyl sites for hydroxylation is 1. The van der Waals surface area contributed by atoms with Crippen molar-refractivity contribution in [2.24, 2.45) is 5.92 Å². The predicted molar refractivity (Wildman–Crippen MR) is 79.1 cm³/mol. The number of hydrogen-bond acceptors (Lipinski definition) is 5. The molecule has 1 fully saturated rings. The molecule has 0 amide bonds. The van der Waals surface area contributed by atoms with Gasteiger partial charge in [0.2, 0.25) is 0 Å². The van der Waals surface area contributed by atoms with Crippen LogP contribution < -0.4 is 0 Å². The van der Waals surface area contributed by atoms with Crippen LogP contribution >= 0.6 is 0 Å². The lowest BCUT2D eigenvalue weighted by atomic mass is 10.00. The van der Waals surface area contributed by atoms with Gasteiger partial charge in [0.05, 0.1) is 11.4 Å². The molecule has 0 N–H and O–H groups in total. The molecule has 0 bridgehead atoms. The van der Waals surface area contributed by atoms with Gasteiger partial charge < -0.3 is 0 Å². The van der Waals surface area contributed by atoms with E-state index in [2.05, 4.69) is 14.9 Å². The molecule has 0 aromatic carbocycles. The van der Waals surface area contributed by atoms with Crippen LogP contribution in [0.25, 0.3) is 0 Å². The van der Waals surface area contributed by atoms with E-state index in [0.29, 0.717) is 5.75 Å². The van der Waals surface area contributed by atoms with Crippen molar-refractivity contribution in [2.45, 2.75) is 32.7 Å². The first-order valence-electron chi connectivity index (χ1n) is 7.17. The van der Waals surface area contributed by atoms with E-state index in [0.717, 1.165) is 50.4 Å². The summed E-state index contributed by atoms with van der Waals surface area (Å²) in [6, 6.07) is 1.94. The molecule has 0 aliphatic carbocycles. The monoisotopic (exact) mass is 297 g/mol. The lowest BCUT2D eigenvalue weighted by Gasteiger charge is -2.32. The highest BCUT2D eigenvalue weighted by atomic mass is 32.2. The normalized spacial score (nSPS) is 21.0. The smallest absolute Gasteiger partial charge is 0.147 e. The van der Waals surface area contributed by atoms with E-state index in [-0.39, 0.29) is 5.92 Å². The fraction of sp³-hybridized carbons (Fsp3) is 0.714. The Hall–Kier alpha value is -1.01. The third-order valence-electron chi connectivity index (χ3n) is 3.61. The standard InChI is InChI=1S/C14H23N3O2S/c1-3-14-15-7-6-13(16-14)10-17-8-4-5-12(9-17)11-20(2,18)19/h6-7,12H,3-5,8-11H2,1-2H3. The van der Waals surface area contributed by atoms with E-state index >= 15 is 0 Å². The second kappa shape index (κ2) is 6.63. The van der Waals surface area contributed by atoms with E-state index < -0.39 is 9.84 Å². The number of nitrogens with zero attached hydrogens (tertiary/aromatic N) is 3. The molecule has 1 atom stereocenters. The Kier molecular flexibility index (Phi) is 5.10. The fourth-order valence-corrected chi connectivity index (χ4v) is 3.92. The Morgan fingerprint density at radius 3 is 2.95 bits per heavy atom. The Morgan fingerprint density at radius 1 is 1.45 bits per heavy atom. The quantitative estimate of drug-likeness (QED) is 0.819. The van der Waals surface area contributed by atoms with Gasteiger partial charge in [0.25, 0.3) is 0 Å². The first-order valence-corrected chi connectivity index (χ1v) is 9.23. The maximum atomic E-state index is 11.4. The van der Waals surface area contributed by atoms with Crippen molar-refractivity contribution in [1.29, 1.82) is 0 Å². The number of piperidine rings is 1. The van der Waals surface area contributed by atoms with Crippen LogP contribution in [0.1, 0.15) is 31.3 Å². The molecule has 1 aromatic heterocycles. The minimum atomic E-state index is -2.88. The minimum absolute atomic E-state index is 0.256. The van der Waals surface area contributed by atoms with Crippen LogP contribution in [0.15, 0.2) is 12.3 Å². The predicted octanol–water partition coefficient (Wildman–Crippen LogP) is 1.30. The number of likely N-dealkylation sites (tertiary alicyclic amines) is 1. The third-order valence-corrected chi connectivity index (χ3v) is 4.68. The van der Waals surface area contributed by atoms with Crippen molar-refractivity contribution in [3.63, 3.8) is 0 Å². The van der Waals surface area contributed by atoms with Gasteiger partial charge in [-0.25, -0.2) is 18.4 Å². The topological polar surface area (TPSA) is 63.2 Å². The average molecular weight is 297 g/mol. The van der Waals surface area contributed by atoms with Crippen molar-refractivity contribution >= 4 is 9.84 Å². The highest BCUT2D eigenvalue weighted by Crippen LogP contribution is 2.19. The Morgan fingerprint density at radius 2 is 2.25 bits per heavy atom.